The maximum Gasteiger partial charge on any atom is 0.293 e. The van der Waals surface area contributed by atoms with Gasteiger partial charge in [0.1, 0.15) is 6.61 Å². The highest BCUT2D eigenvalue weighted by Crippen LogP contribution is 2.36. The van der Waals surface area contributed by atoms with Gasteiger partial charge in [0.15, 0.2) is 11.5 Å². The molecule has 0 bridgehead atoms. The van der Waals surface area contributed by atoms with E-state index in [0.29, 0.717) is 45.2 Å². The van der Waals surface area contributed by atoms with Gasteiger partial charge in [-0.25, -0.2) is 0 Å². The summed E-state index contributed by atoms with van der Waals surface area (Å²) in [6.45, 7) is 2.85. The Bertz CT molecular complexity index is 1560. The lowest BCUT2D eigenvalue weighted by molar-refractivity contribution is -0.123. The fourth-order valence-electron chi connectivity index (χ4n) is 4.18. The number of carbonyl (C=O) groups is 2. The third-order valence-electron chi connectivity index (χ3n) is 6.03. The SMILES string of the molecule is CCOc1cc(/C=C2/SC(=O)N(Cc3ccc(Cl)c(Cl)c3)C2=O)ccc1OCc1cccc2ccccc12. The summed E-state index contributed by atoms with van der Waals surface area (Å²) in [5.41, 5.74) is 2.52. The number of amides is 2. The number of hydrogen-bond acceptors (Lipinski definition) is 5. The molecule has 0 aliphatic carbocycles. The second-order valence-electron chi connectivity index (χ2n) is 8.58. The van der Waals surface area contributed by atoms with Crippen molar-refractivity contribution in [2.45, 2.75) is 20.1 Å². The first-order chi connectivity index (χ1) is 18.4. The summed E-state index contributed by atoms with van der Waals surface area (Å²) in [5.74, 6) is 0.807. The van der Waals surface area contributed by atoms with E-state index in [1.165, 1.54) is 4.90 Å². The first kappa shape index (κ1) is 26.2. The lowest BCUT2D eigenvalue weighted by Crippen LogP contribution is -2.27. The van der Waals surface area contributed by atoms with Crippen molar-refractivity contribution in [3.8, 4) is 11.5 Å². The summed E-state index contributed by atoms with van der Waals surface area (Å²) in [4.78, 5) is 27.2. The van der Waals surface area contributed by atoms with Gasteiger partial charge in [-0.2, -0.15) is 0 Å². The van der Waals surface area contributed by atoms with Gasteiger partial charge in [-0.15, -0.1) is 0 Å². The maximum absolute atomic E-state index is 13.0. The highest BCUT2D eigenvalue weighted by Gasteiger charge is 2.35. The minimum atomic E-state index is -0.361. The van der Waals surface area contributed by atoms with Crippen LogP contribution in [-0.4, -0.2) is 22.7 Å². The average molecular weight is 564 g/mol. The Balaban J connectivity index is 1.34. The molecule has 4 aromatic carbocycles. The number of nitrogens with zero attached hydrogens (tertiary/aromatic N) is 1. The molecule has 0 spiro atoms. The number of halogens is 2. The van der Waals surface area contributed by atoms with Crippen molar-refractivity contribution in [2.24, 2.45) is 0 Å². The first-order valence-corrected chi connectivity index (χ1v) is 13.6. The van der Waals surface area contributed by atoms with Crippen molar-refractivity contribution in [2.75, 3.05) is 6.61 Å². The van der Waals surface area contributed by atoms with Gasteiger partial charge in [-0.1, -0.05) is 77.8 Å². The second kappa shape index (κ2) is 11.5. The van der Waals surface area contributed by atoms with E-state index in [9.17, 15) is 9.59 Å². The minimum absolute atomic E-state index is 0.115. The largest absolute Gasteiger partial charge is 0.490 e. The lowest BCUT2D eigenvalue weighted by atomic mass is 10.1. The first-order valence-electron chi connectivity index (χ1n) is 12.0. The molecule has 0 aromatic heterocycles. The zero-order valence-electron chi connectivity index (χ0n) is 20.4. The third kappa shape index (κ3) is 5.68. The van der Waals surface area contributed by atoms with Gasteiger partial charge in [0.05, 0.1) is 28.1 Å². The summed E-state index contributed by atoms with van der Waals surface area (Å²) in [6, 6.07) is 24.8. The topological polar surface area (TPSA) is 55.8 Å². The molecule has 0 N–H and O–H groups in total. The Hall–Kier alpha value is -3.45. The second-order valence-corrected chi connectivity index (χ2v) is 10.4. The normalized spacial score (nSPS) is 14.5. The number of imide groups is 1. The van der Waals surface area contributed by atoms with Crippen LogP contribution in [0.25, 0.3) is 16.8 Å². The fourth-order valence-corrected chi connectivity index (χ4v) is 5.34. The van der Waals surface area contributed by atoms with Crippen LogP contribution in [-0.2, 0) is 17.9 Å². The van der Waals surface area contributed by atoms with E-state index in [2.05, 4.69) is 18.2 Å². The maximum atomic E-state index is 13.0. The molecule has 1 saturated heterocycles. The van der Waals surface area contributed by atoms with Gasteiger partial charge in [-0.05, 0) is 76.5 Å². The molecule has 1 aliphatic heterocycles. The van der Waals surface area contributed by atoms with E-state index in [0.717, 1.165) is 33.7 Å². The molecule has 5 rings (SSSR count). The van der Waals surface area contributed by atoms with Crippen molar-refractivity contribution in [1.29, 1.82) is 0 Å². The van der Waals surface area contributed by atoms with Crippen LogP contribution in [0.2, 0.25) is 10.0 Å². The Morgan fingerprint density at radius 1 is 0.868 bits per heavy atom. The Morgan fingerprint density at radius 3 is 2.50 bits per heavy atom. The molecule has 1 heterocycles. The van der Waals surface area contributed by atoms with E-state index < -0.39 is 0 Å². The number of hydrogen-bond donors (Lipinski definition) is 0. The zero-order chi connectivity index (χ0) is 26.6. The molecule has 0 unspecified atom stereocenters. The number of benzene rings is 4. The van der Waals surface area contributed by atoms with E-state index in [-0.39, 0.29) is 17.7 Å². The molecule has 1 aliphatic rings. The van der Waals surface area contributed by atoms with Crippen molar-refractivity contribution in [1.82, 2.24) is 4.90 Å². The van der Waals surface area contributed by atoms with Crippen LogP contribution in [0.4, 0.5) is 4.79 Å². The summed E-state index contributed by atoms with van der Waals surface area (Å²) in [6.07, 6.45) is 1.69. The fraction of sp³-hybridized carbons (Fsp3) is 0.133. The molecule has 0 atom stereocenters. The standard InChI is InChI=1S/C30H23Cl2NO4S/c1-2-36-27-15-19(11-13-26(27)37-18-22-8-5-7-21-6-3-4-9-23(21)22)16-28-29(34)33(30(35)38-28)17-20-10-12-24(31)25(32)14-20/h3-16H,2,17-18H2,1H3/b28-16+. The molecule has 192 valence electrons. The molecular weight excluding hydrogens is 541 g/mol. The number of thioether (sulfide) groups is 1. The van der Waals surface area contributed by atoms with Crippen LogP contribution in [0.15, 0.2) is 83.8 Å². The number of ether oxygens (including phenoxy) is 2. The summed E-state index contributed by atoms with van der Waals surface area (Å²) in [5, 5.41) is 2.74. The summed E-state index contributed by atoms with van der Waals surface area (Å²) < 4.78 is 12.0. The molecule has 0 saturated carbocycles. The number of rotatable bonds is 8. The molecule has 0 radical (unpaired) electrons. The molecule has 5 nitrogen and oxygen atoms in total. The monoisotopic (exact) mass is 563 g/mol. The van der Waals surface area contributed by atoms with Gasteiger partial charge < -0.3 is 9.47 Å². The average Bonchev–Trinajstić information content (AvgIpc) is 3.17. The molecule has 38 heavy (non-hydrogen) atoms. The van der Waals surface area contributed by atoms with Gasteiger partial charge >= 0.3 is 0 Å². The highest BCUT2D eigenvalue weighted by molar-refractivity contribution is 8.18. The third-order valence-corrected chi connectivity index (χ3v) is 7.67. The van der Waals surface area contributed by atoms with Gasteiger partial charge in [-0.3, -0.25) is 14.5 Å². The summed E-state index contributed by atoms with van der Waals surface area (Å²) >= 11 is 13.0. The van der Waals surface area contributed by atoms with Crippen molar-refractivity contribution >= 4 is 63.0 Å². The molecule has 1 fully saturated rings. The minimum Gasteiger partial charge on any atom is -0.490 e. The van der Waals surface area contributed by atoms with Crippen molar-refractivity contribution in [3.05, 3.63) is 111 Å². The van der Waals surface area contributed by atoms with Crippen molar-refractivity contribution in [3.63, 3.8) is 0 Å². The molecule has 8 heteroatoms. The smallest absolute Gasteiger partial charge is 0.293 e. The van der Waals surface area contributed by atoms with Crippen LogP contribution in [0, 0.1) is 0 Å². The predicted octanol–water partition coefficient (Wildman–Crippen LogP) is 8.36. The molecular formula is C30H23Cl2NO4S. The molecule has 4 aromatic rings. The van der Waals surface area contributed by atoms with Crippen LogP contribution < -0.4 is 9.47 Å². The Kier molecular flexibility index (Phi) is 7.93. The van der Waals surface area contributed by atoms with Crippen LogP contribution in [0.3, 0.4) is 0 Å². The predicted molar refractivity (Wildman–Crippen MR) is 154 cm³/mol. The lowest BCUT2D eigenvalue weighted by Gasteiger charge is -2.14. The van der Waals surface area contributed by atoms with Crippen LogP contribution in [0.5, 0.6) is 11.5 Å². The van der Waals surface area contributed by atoms with Gasteiger partial charge in [0, 0.05) is 0 Å². The van der Waals surface area contributed by atoms with Crippen LogP contribution in [0.1, 0.15) is 23.6 Å². The quantitative estimate of drug-likeness (QED) is 0.201. The van der Waals surface area contributed by atoms with Crippen molar-refractivity contribution < 1.29 is 19.1 Å². The highest BCUT2D eigenvalue weighted by atomic mass is 35.5. The Morgan fingerprint density at radius 2 is 1.68 bits per heavy atom. The summed E-state index contributed by atoms with van der Waals surface area (Å²) in [7, 11) is 0. The van der Waals surface area contributed by atoms with E-state index in [1.54, 1.807) is 24.3 Å². The van der Waals surface area contributed by atoms with Gasteiger partial charge in [0.25, 0.3) is 11.1 Å². The van der Waals surface area contributed by atoms with E-state index in [1.807, 2.05) is 49.4 Å². The van der Waals surface area contributed by atoms with Gasteiger partial charge in [0.2, 0.25) is 0 Å². The van der Waals surface area contributed by atoms with Crippen LogP contribution >= 0.6 is 35.0 Å². The van der Waals surface area contributed by atoms with E-state index in [4.69, 9.17) is 32.7 Å². The zero-order valence-corrected chi connectivity index (χ0v) is 22.8. The Labute approximate surface area is 234 Å². The molecule has 2 amide bonds. The number of carbonyl (C=O) groups excluding carboxylic acids is 2. The van der Waals surface area contributed by atoms with E-state index >= 15 is 0 Å². The number of fused-ring (bicyclic) bond motifs is 1.